The maximum atomic E-state index is 5.76. The van der Waals surface area contributed by atoms with Gasteiger partial charge in [0.25, 0.3) is 0 Å². The van der Waals surface area contributed by atoms with Crippen molar-refractivity contribution in [2.75, 3.05) is 13.2 Å². The third kappa shape index (κ3) is 3.26. The van der Waals surface area contributed by atoms with Gasteiger partial charge >= 0.3 is 0 Å². The van der Waals surface area contributed by atoms with Gasteiger partial charge in [0.1, 0.15) is 0 Å². The molecule has 1 aromatic carbocycles. The van der Waals surface area contributed by atoms with Gasteiger partial charge in [-0.1, -0.05) is 31.9 Å². The molecule has 21 heavy (non-hydrogen) atoms. The first-order valence-electron chi connectivity index (χ1n) is 7.87. The smallest absolute Gasteiger partial charge is 0.162 e. The SMILES string of the molecule is CCOc1cc(Br)c(C(Br)C2CC3CC3C2)cc1OCC. The summed E-state index contributed by atoms with van der Waals surface area (Å²) in [6.07, 6.45) is 4.19. The number of fused-ring (bicyclic) bond motifs is 1. The van der Waals surface area contributed by atoms with Crippen molar-refractivity contribution in [2.24, 2.45) is 17.8 Å². The topological polar surface area (TPSA) is 18.5 Å². The molecule has 3 unspecified atom stereocenters. The molecule has 0 saturated heterocycles. The summed E-state index contributed by atoms with van der Waals surface area (Å²) in [6, 6.07) is 4.19. The van der Waals surface area contributed by atoms with Gasteiger partial charge in [-0.2, -0.15) is 0 Å². The van der Waals surface area contributed by atoms with Gasteiger partial charge in [-0.3, -0.25) is 0 Å². The van der Waals surface area contributed by atoms with Gasteiger partial charge < -0.3 is 9.47 Å². The molecule has 0 aliphatic heterocycles. The average molecular weight is 418 g/mol. The monoisotopic (exact) mass is 416 g/mol. The van der Waals surface area contributed by atoms with Crippen molar-refractivity contribution >= 4 is 31.9 Å². The summed E-state index contributed by atoms with van der Waals surface area (Å²) >= 11 is 7.65. The summed E-state index contributed by atoms with van der Waals surface area (Å²) in [5, 5.41) is 0. The second-order valence-corrected chi connectivity index (χ2v) is 7.92. The van der Waals surface area contributed by atoms with Crippen molar-refractivity contribution in [3.63, 3.8) is 0 Å². The molecule has 0 radical (unpaired) electrons. The van der Waals surface area contributed by atoms with Crippen molar-refractivity contribution in [3.8, 4) is 11.5 Å². The van der Waals surface area contributed by atoms with Crippen LogP contribution in [0.5, 0.6) is 11.5 Å². The maximum Gasteiger partial charge on any atom is 0.162 e. The van der Waals surface area contributed by atoms with E-state index < -0.39 is 0 Å². The van der Waals surface area contributed by atoms with Gasteiger partial charge in [0.05, 0.1) is 13.2 Å². The van der Waals surface area contributed by atoms with Crippen molar-refractivity contribution in [2.45, 2.75) is 37.9 Å². The van der Waals surface area contributed by atoms with Gasteiger partial charge in [-0.05, 0) is 68.6 Å². The molecule has 116 valence electrons. The summed E-state index contributed by atoms with van der Waals surface area (Å²) in [6.45, 7) is 5.31. The number of benzene rings is 1. The van der Waals surface area contributed by atoms with Crippen LogP contribution in [0.1, 0.15) is 43.5 Å². The van der Waals surface area contributed by atoms with Gasteiger partial charge in [0.15, 0.2) is 11.5 Å². The molecule has 0 heterocycles. The van der Waals surface area contributed by atoms with E-state index in [4.69, 9.17) is 9.47 Å². The van der Waals surface area contributed by atoms with Crippen LogP contribution < -0.4 is 9.47 Å². The van der Waals surface area contributed by atoms with E-state index >= 15 is 0 Å². The van der Waals surface area contributed by atoms with Gasteiger partial charge in [0, 0.05) is 9.30 Å². The number of rotatable bonds is 6. The largest absolute Gasteiger partial charge is 0.490 e. The fourth-order valence-corrected chi connectivity index (χ4v) is 5.24. The Morgan fingerprint density at radius 3 is 2.19 bits per heavy atom. The minimum atomic E-state index is 0.398. The van der Waals surface area contributed by atoms with E-state index in [0.717, 1.165) is 33.7 Å². The molecule has 2 aliphatic rings. The van der Waals surface area contributed by atoms with Crippen LogP contribution in [-0.2, 0) is 0 Å². The van der Waals surface area contributed by atoms with Crippen molar-refractivity contribution < 1.29 is 9.47 Å². The van der Waals surface area contributed by atoms with Crippen molar-refractivity contribution in [3.05, 3.63) is 22.2 Å². The predicted octanol–water partition coefficient (Wildman–Crippen LogP) is 5.73. The minimum absolute atomic E-state index is 0.398. The lowest BCUT2D eigenvalue weighted by atomic mass is 9.94. The molecule has 3 rings (SSSR count). The lowest BCUT2D eigenvalue weighted by Crippen LogP contribution is -2.07. The number of hydrogen-bond donors (Lipinski definition) is 0. The Labute approximate surface area is 143 Å². The normalized spacial score (nSPS) is 28.1. The first-order chi connectivity index (χ1) is 10.1. The van der Waals surface area contributed by atoms with E-state index in [1.54, 1.807) is 0 Å². The van der Waals surface area contributed by atoms with Crippen LogP contribution >= 0.6 is 31.9 Å². The highest BCUT2D eigenvalue weighted by Crippen LogP contribution is 2.59. The van der Waals surface area contributed by atoms with E-state index in [2.05, 4.69) is 37.9 Å². The fourth-order valence-electron chi connectivity index (χ4n) is 3.55. The highest BCUT2D eigenvalue weighted by Gasteiger charge is 2.47. The fraction of sp³-hybridized carbons (Fsp3) is 0.647. The molecule has 4 heteroatoms. The van der Waals surface area contributed by atoms with Gasteiger partial charge in [0.2, 0.25) is 0 Å². The van der Waals surface area contributed by atoms with E-state index in [1.165, 1.54) is 24.8 Å². The van der Waals surface area contributed by atoms with Crippen LogP contribution in [0.15, 0.2) is 16.6 Å². The van der Waals surface area contributed by atoms with E-state index in [1.807, 2.05) is 19.9 Å². The second kappa shape index (κ2) is 6.49. The molecule has 0 aromatic heterocycles. The molecule has 0 bridgehead atoms. The zero-order valence-corrected chi connectivity index (χ0v) is 15.7. The molecule has 2 aliphatic carbocycles. The van der Waals surface area contributed by atoms with Crippen molar-refractivity contribution in [1.29, 1.82) is 0 Å². The van der Waals surface area contributed by atoms with Crippen LogP contribution in [0.25, 0.3) is 0 Å². The summed E-state index contributed by atoms with van der Waals surface area (Å²) in [4.78, 5) is 0.398. The molecular weight excluding hydrogens is 396 g/mol. The molecule has 0 N–H and O–H groups in total. The molecule has 0 amide bonds. The Kier molecular flexibility index (Phi) is 4.84. The quantitative estimate of drug-likeness (QED) is 0.550. The zero-order chi connectivity index (χ0) is 15.0. The minimum Gasteiger partial charge on any atom is -0.490 e. The van der Waals surface area contributed by atoms with E-state index in [-0.39, 0.29) is 0 Å². The van der Waals surface area contributed by atoms with Crippen LogP contribution in [0.3, 0.4) is 0 Å². The molecular formula is C17H22Br2O2. The summed E-state index contributed by atoms with van der Waals surface area (Å²) in [7, 11) is 0. The Morgan fingerprint density at radius 2 is 1.62 bits per heavy atom. The molecule has 1 aromatic rings. The summed E-state index contributed by atoms with van der Waals surface area (Å²) < 4.78 is 12.6. The zero-order valence-electron chi connectivity index (χ0n) is 12.6. The van der Waals surface area contributed by atoms with E-state index in [9.17, 15) is 0 Å². The molecule has 2 saturated carbocycles. The molecule has 2 nitrogen and oxygen atoms in total. The number of halogens is 2. The first-order valence-corrected chi connectivity index (χ1v) is 9.58. The van der Waals surface area contributed by atoms with E-state index in [0.29, 0.717) is 18.0 Å². The third-order valence-corrected chi connectivity index (χ3v) is 6.58. The number of ether oxygens (including phenoxy) is 2. The lowest BCUT2D eigenvalue weighted by Gasteiger charge is -2.22. The Morgan fingerprint density at radius 1 is 1.05 bits per heavy atom. The Bertz CT molecular complexity index is 508. The number of alkyl halides is 1. The maximum absolute atomic E-state index is 5.76. The lowest BCUT2D eigenvalue weighted by molar-refractivity contribution is 0.287. The molecule has 3 atom stereocenters. The number of hydrogen-bond acceptors (Lipinski definition) is 2. The second-order valence-electron chi connectivity index (χ2n) is 6.08. The Balaban J connectivity index is 1.84. The summed E-state index contributed by atoms with van der Waals surface area (Å²) in [5.74, 6) is 4.43. The molecule has 2 fully saturated rings. The highest BCUT2D eigenvalue weighted by molar-refractivity contribution is 9.11. The van der Waals surface area contributed by atoms with Crippen LogP contribution in [0, 0.1) is 17.8 Å². The van der Waals surface area contributed by atoms with Crippen molar-refractivity contribution in [1.82, 2.24) is 0 Å². The van der Waals surface area contributed by atoms with Gasteiger partial charge in [-0.15, -0.1) is 0 Å². The summed E-state index contributed by atoms with van der Waals surface area (Å²) in [5.41, 5.74) is 1.29. The van der Waals surface area contributed by atoms with Crippen LogP contribution in [0.2, 0.25) is 0 Å². The predicted molar refractivity (Wildman–Crippen MR) is 92.5 cm³/mol. The first kappa shape index (κ1) is 15.7. The van der Waals surface area contributed by atoms with Gasteiger partial charge in [-0.25, -0.2) is 0 Å². The standard InChI is InChI=1S/C17H22Br2O2/c1-3-20-15-8-13(14(18)9-16(15)21-4-2)17(19)12-6-10-5-11(10)7-12/h8-12,17H,3-7H2,1-2H3. The Hall–Kier alpha value is -0.220. The van der Waals surface area contributed by atoms with Crippen LogP contribution in [-0.4, -0.2) is 13.2 Å². The molecule has 0 spiro atoms. The third-order valence-electron chi connectivity index (χ3n) is 4.65. The van der Waals surface area contributed by atoms with Crippen LogP contribution in [0.4, 0.5) is 0 Å². The average Bonchev–Trinajstić information content (AvgIpc) is 3.07. The highest BCUT2D eigenvalue weighted by atomic mass is 79.9.